The van der Waals surface area contributed by atoms with Crippen LogP contribution in [0.15, 0.2) is 53.1 Å². The number of aromatic nitrogens is 2. The van der Waals surface area contributed by atoms with E-state index in [-0.39, 0.29) is 11.8 Å². The summed E-state index contributed by atoms with van der Waals surface area (Å²) in [4.78, 5) is 19.2. The molecule has 30 heavy (non-hydrogen) atoms. The highest BCUT2D eigenvalue weighted by Crippen LogP contribution is 2.26. The van der Waals surface area contributed by atoms with Crippen LogP contribution in [0.3, 0.4) is 0 Å². The second-order valence-electron chi connectivity index (χ2n) is 7.22. The van der Waals surface area contributed by atoms with Gasteiger partial charge in [-0.25, -0.2) is 0 Å². The maximum atomic E-state index is 12.7. The highest BCUT2D eigenvalue weighted by molar-refractivity contribution is 6.31. The van der Waals surface area contributed by atoms with Gasteiger partial charge in [0.25, 0.3) is 0 Å². The molecule has 1 saturated heterocycles. The monoisotopic (exact) mass is 426 g/mol. The number of ether oxygens (including phenoxy) is 1. The number of carbonyl (C=O) groups excluding carboxylic acids is 1. The summed E-state index contributed by atoms with van der Waals surface area (Å²) in [5.41, 5.74) is 1.75. The number of anilines is 1. The van der Waals surface area contributed by atoms with Gasteiger partial charge in [-0.3, -0.25) is 4.79 Å². The van der Waals surface area contributed by atoms with Gasteiger partial charge in [0.15, 0.2) is 0 Å². The average molecular weight is 427 g/mol. The Balaban J connectivity index is 1.38. The van der Waals surface area contributed by atoms with Crippen LogP contribution in [0.25, 0.3) is 11.4 Å². The third-order valence-electron chi connectivity index (χ3n) is 5.24. The van der Waals surface area contributed by atoms with Gasteiger partial charge in [-0.1, -0.05) is 35.0 Å². The molecule has 8 heteroatoms. The molecule has 0 saturated carbocycles. The third-order valence-corrected chi connectivity index (χ3v) is 5.61. The summed E-state index contributed by atoms with van der Waals surface area (Å²) in [6.45, 7) is 1.73. The van der Waals surface area contributed by atoms with Crippen LogP contribution >= 0.6 is 11.6 Å². The number of nitrogens with zero attached hydrogens (tertiary/aromatic N) is 3. The normalized spacial score (nSPS) is 16.3. The van der Waals surface area contributed by atoms with E-state index in [1.165, 1.54) is 0 Å². The summed E-state index contributed by atoms with van der Waals surface area (Å²) < 4.78 is 10.6. The van der Waals surface area contributed by atoms with Crippen LogP contribution < -0.4 is 15.0 Å². The van der Waals surface area contributed by atoms with Crippen LogP contribution in [0.5, 0.6) is 5.75 Å². The molecule has 1 atom stereocenters. The number of benzene rings is 2. The van der Waals surface area contributed by atoms with Crippen molar-refractivity contribution in [3.05, 3.63) is 59.1 Å². The minimum Gasteiger partial charge on any atom is -0.497 e. The molecule has 1 amide bonds. The zero-order valence-electron chi connectivity index (χ0n) is 16.7. The molecule has 156 valence electrons. The molecule has 0 aliphatic carbocycles. The number of carbonyl (C=O) groups is 1. The lowest BCUT2D eigenvalue weighted by molar-refractivity contribution is -0.125. The van der Waals surface area contributed by atoms with E-state index in [9.17, 15) is 4.79 Å². The minimum atomic E-state index is -0.141. The molecule has 1 aromatic heterocycles. The molecule has 1 unspecified atom stereocenters. The molecule has 1 aliphatic heterocycles. The number of piperidine rings is 1. The van der Waals surface area contributed by atoms with E-state index in [2.05, 4.69) is 15.5 Å². The van der Waals surface area contributed by atoms with Gasteiger partial charge in [0.2, 0.25) is 11.7 Å². The molecule has 1 fully saturated rings. The molecule has 1 N–H and O–H groups in total. The molecule has 2 heterocycles. The molecule has 0 bridgehead atoms. The first-order valence-corrected chi connectivity index (χ1v) is 10.3. The van der Waals surface area contributed by atoms with E-state index in [4.69, 9.17) is 20.9 Å². The van der Waals surface area contributed by atoms with Gasteiger partial charge in [-0.15, -0.1) is 0 Å². The van der Waals surface area contributed by atoms with Crippen LogP contribution in [0.4, 0.5) is 6.01 Å². The predicted octanol–water partition coefficient (Wildman–Crippen LogP) is 3.93. The lowest BCUT2D eigenvalue weighted by Crippen LogP contribution is -2.43. The van der Waals surface area contributed by atoms with Crippen molar-refractivity contribution in [2.45, 2.75) is 19.4 Å². The number of nitrogens with one attached hydrogen (secondary N) is 1. The molecule has 3 aromatic rings. The van der Waals surface area contributed by atoms with Crippen molar-refractivity contribution in [1.82, 2.24) is 15.5 Å². The second kappa shape index (κ2) is 9.17. The Hall–Kier alpha value is -3.06. The number of methoxy groups -OCH3 is 1. The highest BCUT2D eigenvalue weighted by atomic mass is 35.5. The largest absolute Gasteiger partial charge is 0.497 e. The highest BCUT2D eigenvalue weighted by Gasteiger charge is 2.28. The van der Waals surface area contributed by atoms with Crippen LogP contribution in [0, 0.1) is 5.92 Å². The summed E-state index contributed by atoms with van der Waals surface area (Å²) in [6.07, 6.45) is 1.70. The molecule has 0 radical (unpaired) electrons. The smallest absolute Gasteiger partial charge is 0.324 e. The maximum absolute atomic E-state index is 12.7. The number of amides is 1. The predicted molar refractivity (Wildman–Crippen MR) is 115 cm³/mol. The Morgan fingerprint density at radius 3 is 2.83 bits per heavy atom. The van der Waals surface area contributed by atoms with E-state index in [1.807, 2.05) is 53.4 Å². The van der Waals surface area contributed by atoms with Crippen molar-refractivity contribution >= 4 is 23.5 Å². The Bertz CT molecular complexity index is 1010. The lowest BCUT2D eigenvalue weighted by Gasteiger charge is -2.30. The Labute approximate surface area is 180 Å². The van der Waals surface area contributed by atoms with E-state index >= 15 is 0 Å². The van der Waals surface area contributed by atoms with Crippen molar-refractivity contribution in [3.8, 4) is 17.1 Å². The van der Waals surface area contributed by atoms with Crippen molar-refractivity contribution < 1.29 is 14.1 Å². The quantitative estimate of drug-likeness (QED) is 0.643. The van der Waals surface area contributed by atoms with Gasteiger partial charge < -0.3 is 19.5 Å². The van der Waals surface area contributed by atoms with E-state index in [0.717, 1.165) is 36.3 Å². The van der Waals surface area contributed by atoms with Crippen molar-refractivity contribution in [3.63, 3.8) is 0 Å². The molecule has 2 aromatic carbocycles. The zero-order chi connectivity index (χ0) is 20.9. The van der Waals surface area contributed by atoms with Gasteiger partial charge in [0.1, 0.15) is 5.75 Å². The molecular weight excluding hydrogens is 404 g/mol. The zero-order valence-corrected chi connectivity index (χ0v) is 17.4. The summed E-state index contributed by atoms with van der Waals surface area (Å²) in [6, 6.07) is 15.4. The van der Waals surface area contributed by atoms with Crippen molar-refractivity contribution in [2.24, 2.45) is 5.92 Å². The van der Waals surface area contributed by atoms with Crippen LogP contribution in [-0.4, -0.2) is 36.2 Å². The molecule has 0 spiro atoms. The van der Waals surface area contributed by atoms with E-state index in [0.29, 0.717) is 30.0 Å². The standard InChI is InChI=1S/C22H23ClN4O3/c1-29-18-10-8-15(9-11-18)20-25-22(30-26-20)27-12-4-6-17(14-27)21(28)24-13-16-5-2-3-7-19(16)23/h2-3,5,7-11,17H,4,6,12-14H2,1H3,(H,24,28). The van der Waals surface area contributed by atoms with Gasteiger partial charge in [-0.05, 0) is 48.7 Å². The van der Waals surface area contributed by atoms with Crippen LogP contribution in [0.1, 0.15) is 18.4 Å². The number of hydrogen-bond donors (Lipinski definition) is 1. The fourth-order valence-corrected chi connectivity index (χ4v) is 3.74. The lowest BCUT2D eigenvalue weighted by atomic mass is 9.97. The fourth-order valence-electron chi connectivity index (χ4n) is 3.53. The first-order chi connectivity index (χ1) is 14.6. The number of hydrogen-bond acceptors (Lipinski definition) is 6. The summed E-state index contributed by atoms with van der Waals surface area (Å²) in [5.74, 6) is 1.15. The Morgan fingerprint density at radius 1 is 1.27 bits per heavy atom. The van der Waals surface area contributed by atoms with Crippen LogP contribution in [-0.2, 0) is 11.3 Å². The summed E-state index contributed by atoms with van der Waals surface area (Å²) >= 11 is 6.17. The molecule has 4 rings (SSSR count). The molecule has 1 aliphatic rings. The van der Waals surface area contributed by atoms with Crippen molar-refractivity contribution in [2.75, 3.05) is 25.1 Å². The van der Waals surface area contributed by atoms with Crippen LogP contribution in [0.2, 0.25) is 5.02 Å². The van der Waals surface area contributed by atoms with Crippen molar-refractivity contribution in [1.29, 1.82) is 0 Å². The number of rotatable bonds is 6. The Kier molecular flexibility index (Phi) is 6.18. The average Bonchev–Trinajstić information content (AvgIpc) is 3.29. The topological polar surface area (TPSA) is 80.5 Å². The SMILES string of the molecule is COc1ccc(-c2noc(N3CCCC(C(=O)NCc4ccccc4Cl)C3)n2)cc1. The molecule has 7 nitrogen and oxygen atoms in total. The fraction of sp³-hybridized carbons (Fsp3) is 0.318. The van der Waals surface area contributed by atoms with Gasteiger partial charge in [0, 0.05) is 30.2 Å². The van der Waals surface area contributed by atoms with Gasteiger partial charge in [-0.2, -0.15) is 4.98 Å². The van der Waals surface area contributed by atoms with E-state index < -0.39 is 0 Å². The first-order valence-electron chi connectivity index (χ1n) is 9.88. The minimum absolute atomic E-state index is 0.00881. The molecular formula is C22H23ClN4O3. The maximum Gasteiger partial charge on any atom is 0.324 e. The Morgan fingerprint density at radius 2 is 2.07 bits per heavy atom. The number of halogens is 1. The van der Waals surface area contributed by atoms with Gasteiger partial charge in [0.05, 0.1) is 13.0 Å². The first kappa shape index (κ1) is 20.2. The summed E-state index contributed by atoms with van der Waals surface area (Å²) in [7, 11) is 1.62. The summed E-state index contributed by atoms with van der Waals surface area (Å²) in [5, 5.41) is 7.74. The van der Waals surface area contributed by atoms with Gasteiger partial charge >= 0.3 is 6.01 Å². The third kappa shape index (κ3) is 4.57. The second-order valence-corrected chi connectivity index (χ2v) is 7.63. The van der Waals surface area contributed by atoms with E-state index in [1.54, 1.807) is 7.11 Å².